The second-order valence-corrected chi connectivity index (χ2v) is 5.33. The number of aromatic nitrogens is 1. The number of phenolic OH excluding ortho intramolecular Hbond substituents is 1. The SMILES string of the molecule is CCOC(=O)c1ccc2cc(-c3ccc(O)c(C)c3)ccc2n1. The van der Waals surface area contributed by atoms with Gasteiger partial charge in [-0.15, -0.1) is 0 Å². The highest BCUT2D eigenvalue weighted by Gasteiger charge is 2.09. The first kappa shape index (κ1) is 15.0. The normalized spacial score (nSPS) is 10.7. The molecule has 2 aromatic carbocycles. The third-order valence-electron chi connectivity index (χ3n) is 3.70. The van der Waals surface area contributed by atoms with E-state index in [-0.39, 0.29) is 5.75 Å². The van der Waals surface area contributed by atoms with Crippen LogP contribution in [-0.4, -0.2) is 22.7 Å². The molecule has 1 aromatic heterocycles. The van der Waals surface area contributed by atoms with Crippen molar-refractivity contribution in [3.63, 3.8) is 0 Å². The zero-order valence-electron chi connectivity index (χ0n) is 13.0. The lowest BCUT2D eigenvalue weighted by Crippen LogP contribution is -2.06. The van der Waals surface area contributed by atoms with Gasteiger partial charge in [0.05, 0.1) is 12.1 Å². The van der Waals surface area contributed by atoms with E-state index in [1.165, 1.54) is 0 Å². The molecule has 0 atom stereocenters. The van der Waals surface area contributed by atoms with Crippen molar-refractivity contribution in [2.75, 3.05) is 6.61 Å². The van der Waals surface area contributed by atoms with Crippen LogP contribution in [-0.2, 0) is 4.74 Å². The summed E-state index contributed by atoms with van der Waals surface area (Å²) in [6.07, 6.45) is 0. The Balaban J connectivity index is 2.01. The summed E-state index contributed by atoms with van der Waals surface area (Å²) in [6.45, 7) is 3.97. The molecule has 0 aliphatic heterocycles. The number of rotatable bonds is 3. The molecular weight excluding hydrogens is 290 g/mol. The average molecular weight is 307 g/mol. The van der Waals surface area contributed by atoms with Crippen LogP contribution in [0.15, 0.2) is 48.5 Å². The van der Waals surface area contributed by atoms with Gasteiger partial charge in [0.2, 0.25) is 0 Å². The number of carbonyl (C=O) groups is 1. The van der Waals surface area contributed by atoms with Gasteiger partial charge in [0, 0.05) is 5.39 Å². The summed E-state index contributed by atoms with van der Waals surface area (Å²) in [5.74, 6) is -0.122. The van der Waals surface area contributed by atoms with Gasteiger partial charge >= 0.3 is 5.97 Å². The number of phenols is 1. The molecule has 23 heavy (non-hydrogen) atoms. The Hall–Kier alpha value is -2.88. The fraction of sp³-hybridized carbons (Fsp3) is 0.158. The van der Waals surface area contributed by atoms with E-state index in [0.717, 1.165) is 27.6 Å². The zero-order chi connectivity index (χ0) is 16.4. The molecular formula is C19H17NO3. The smallest absolute Gasteiger partial charge is 0.356 e. The number of aromatic hydroxyl groups is 1. The summed E-state index contributed by atoms with van der Waals surface area (Å²) in [5.41, 5.74) is 3.95. The number of benzene rings is 2. The van der Waals surface area contributed by atoms with Gasteiger partial charge in [0.15, 0.2) is 0 Å². The van der Waals surface area contributed by atoms with Gasteiger partial charge in [-0.1, -0.05) is 18.2 Å². The van der Waals surface area contributed by atoms with E-state index < -0.39 is 5.97 Å². The Kier molecular flexibility index (Phi) is 3.98. The minimum atomic E-state index is -0.410. The number of ether oxygens (including phenoxy) is 1. The van der Waals surface area contributed by atoms with Gasteiger partial charge in [-0.05, 0) is 60.9 Å². The predicted octanol–water partition coefficient (Wildman–Crippen LogP) is 4.09. The number of hydrogen-bond donors (Lipinski definition) is 1. The van der Waals surface area contributed by atoms with Crippen molar-refractivity contribution in [1.29, 1.82) is 0 Å². The standard InChI is InChI=1S/C19H17NO3/c1-3-23-19(22)17-8-5-15-11-14(4-7-16(15)20-17)13-6-9-18(21)12(2)10-13/h4-11,21H,3H2,1-2H3. The molecule has 1 N–H and O–H groups in total. The van der Waals surface area contributed by atoms with Gasteiger partial charge in [0.1, 0.15) is 11.4 Å². The summed E-state index contributed by atoms with van der Waals surface area (Å²) in [6, 6.07) is 14.9. The van der Waals surface area contributed by atoms with Crippen LogP contribution in [0.1, 0.15) is 23.0 Å². The number of aryl methyl sites for hydroxylation is 1. The summed E-state index contributed by atoms with van der Waals surface area (Å²) >= 11 is 0. The number of nitrogens with zero attached hydrogens (tertiary/aromatic N) is 1. The highest BCUT2D eigenvalue weighted by Crippen LogP contribution is 2.27. The lowest BCUT2D eigenvalue weighted by Gasteiger charge is -2.07. The highest BCUT2D eigenvalue weighted by atomic mass is 16.5. The summed E-state index contributed by atoms with van der Waals surface area (Å²) in [4.78, 5) is 16.1. The second kappa shape index (κ2) is 6.08. The molecule has 3 aromatic rings. The van der Waals surface area contributed by atoms with Crippen molar-refractivity contribution in [2.24, 2.45) is 0 Å². The Bertz CT molecular complexity index is 887. The van der Waals surface area contributed by atoms with E-state index in [4.69, 9.17) is 4.74 Å². The molecule has 0 saturated carbocycles. The van der Waals surface area contributed by atoms with E-state index in [1.807, 2.05) is 43.3 Å². The van der Waals surface area contributed by atoms with Crippen LogP contribution in [0.4, 0.5) is 0 Å². The first-order valence-electron chi connectivity index (χ1n) is 7.46. The van der Waals surface area contributed by atoms with Crippen LogP contribution >= 0.6 is 0 Å². The highest BCUT2D eigenvalue weighted by molar-refractivity contribution is 5.92. The van der Waals surface area contributed by atoms with E-state index in [9.17, 15) is 9.90 Å². The van der Waals surface area contributed by atoms with Gasteiger partial charge in [-0.25, -0.2) is 9.78 Å². The molecule has 0 amide bonds. The second-order valence-electron chi connectivity index (χ2n) is 5.33. The van der Waals surface area contributed by atoms with Gasteiger partial charge in [-0.2, -0.15) is 0 Å². The number of fused-ring (bicyclic) bond motifs is 1. The van der Waals surface area contributed by atoms with Crippen molar-refractivity contribution in [3.8, 4) is 16.9 Å². The molecule has 1 heterocycles. The molecule has 0 unspecified atom stereocenters. The molecule has 0 aliphatic rings. The van der Waals surface area contributed by atoms with Crippen LogP contribution in [0.3, 0.4) is 0 Å². The van der Waals surface area contributed by atoms with E-state index >= 15 is 0 Å². The van der Waals surface area contributed by atoms with Crippen LogP contribution in [0, 0.1) is 6.92 Å². The molecule has 4 nitrogen and oxygen atoms in total. The summed E-state index contributed by atoms with van der Waals surface area (Å²) in [5, 5.41) is 10.6. The lowest BCUT2D eigenvalue weighted by atomic mass is 10.0. The minimum Gasteiger partial charge on any atom is -0.508 e. The molecule has 0 spiro atoms. The largest absolute Gasteiger partial charge is 0.508 e. The molecule has 116 valence electrons. The van der Waals surface area contributed by atoms with Crippen molar-refractivity contribution >= 4 is 16.9 Å². The Morgan fingerprint density at radius 1 is 1.09 bits per heavy atom. The monoisotopic (exact) mass is 307 g/mol. The first-order chi connectivity index (χ1) is 11.1. The summed E-state index contributed by atoms with van der Waals surface area (Å²) < 4.78 is 4.97. The van der Waals surface area contributed by atoms with E-state index in [2.05, 4.69) is 4.98 Å². The number of pyridine rings is 1. The molecule has 0 fully saturated rings. The molecule has 3 rings (SSSR count). The van der Waals surface area contributed by atoms with Crippen molar-refractivity contribution in [2.45, 2.75) is 13.8 Å². The number of hydrogen-bond acceptors (Lipinski definition) is 4. The lowest BCUT2D eigenvalue weighted by molar-refractivity contribution is 0.0520. The molecule has 0 saturated heterocycles. The quantitative estimate of drug-likeness (QED) is 0.740. The van der Waals surface area contributed by atoms with Gasteiger partial charge < -0.3 is 9.84 Å². The molecule has 4 heteroatoms. The van der Waals surface area contributed by atoms with Gasteiger partial charge in [-0.3, -0.25) is 0 Å². The number of esters is 1. The Morgan fingerprint density at radius 2 is 1.83 bits per heavy atom. The van der Waals surface area contributed by atoms with Crippen molar-refractivity contribution in [1.82, 2.24) is 4.98 Å². The maximum atomic E-state index is 11.7. The van der Waals surface area contributed by atoms with Crippen LogP contribution in [0.25, 0.3) is 22.0 Å². The fourth-order valence-electron chi connectivity index (χ4n) is 2.46. The average Bonchev–Trinajstić information content (AvgIpc) is 2.56. The number of carbonyl (C=O) groups excluding carboxylic acids is 1. The Labute approximate surface area is 134 Å². The van der Waals surface area contributed by atoms with Crippen molar-refractivity contribution < 1.29 is 14.6 Å². The van der Waals surface area contributed by atoms with Gasteiger partial charge in [0.25, 0.3) is 0 Å². The van der Waals surface area contributed by atoms with Crippen molar-refractivity contribution in [3.05, 3.63) is 59.8 Å². The third kappa shape index (κ3) is 3.01. The zero-order valence-corrected chi connectivity index (χ0v) is 13.0. The van der Waals surface area contributed by atoms with E-state index in [1.54, 1.807) is 19.1 Å². The van der Waals surface area contributed by atoms with Crippen LogP contribution in [0.5, 0.6) is 5.75 Å². The third-order valence-corrected chi connectivity index (χ3v) is 3.70. The molecule has 0 aliphatic carbocycles. The first-order valence-corrected chi connectivity index (χ1v) is 7.46. The Morgan fingerprint density at radius 3 is 2.57 bits per heavy atom. The maximum absolute atomic E-state index is 11.7. The van der Waals surface area contributed by atoms with Crippen LogP contribution < -0.4 is 0 Å². The minimum absolute atomic E-state index is 0.287. The van der Waals surface area contributed by atoms with Crippen LogP contribution in [0.2, 0.25) is 0 Å². The molecule has 0 radical (unpaired) electrons. The fourth-order valence-corrected chi connectivity index (χ4v) is 2.46. The topological polar surface area (TPSA) is 59.4 Å². The summed E-state index contributed by atoms with van der Waals surface area (Å²) in [7, 11) is 0. The molecule has 0 bridgehead atoms. The maximum Gasteiger partial charge on any atom is 0.356 e. The predicted molar refractivity (Wildman–Crippen MR) is 89.5 cm³/mol. The van der Waals surface area contributed by atoms with E-state index in [0.29, 0.717) is 12.3 Å².